The molecule has 1 atom stereocenters. The highest BCUT2D eigenvalue weighted by molar-refractivity contribution is 7.91. The van der Waals surface area contributed by atoms with E-state index in [1.54, 1.807) is 24.4 Å². The lowest BCUT2D eigenvalue weighted by molar-refractivity contribution is 0.568. The molecule has 8 heteroatoms. The first kappa shape index (κ1) is 17.3. The molecule has 1 unspecified atom stereocenters. The van der Waals surface area contributed by atoms with Crippen LogP contribution in [0.3, 0.4) is 0 Å². The van der Waals surface area contributed by atoms with E-state index >= 15 is 0 Å². The summed E-state index contributed by atoms with van der Waals surface area (Å²) in [5.74, 6) is 0. The summed E-state index contributed by atoms with van der Waals surface area (Å²) in [6.07, 6.45) is 4.52. The molecule has 3 rings (SSSR count). The van der Waals surface area contributed by atoms with Crippen molar-refractivity contribution in [1.82, 2.24) is 9.55 Å². The van der Waals surface area contributed by atoms with Gasteiger partial charge in [-0.15, -0.1) is 0 Å². The van der Waals surface area contributed by atoms with Crippen LogP contribution in [-0.2, 0) is 9.84 Å². The van der Waals surface area contributed by atoms with Crippen LogP contribution in [0.4, 0.5) is 0 Å². The first-order valence-electron chi connectivity index (χ1n) is 6.81. The van der Waals surface area contributed by atoms with Crippen molar-refractivity contribution in [3.05, 3.63) is 81.8 Å². The summed E-state index contributed by atoms with van der Waals surface area (Å²) >= 11 is 18.0. The summed E-state index contributed by atoms with van der Waals surface area (Å²) < 4.78 is 27.9. The Labute approximate surface area is 154 Å². The molecule has 0 N–H and O–H groups in total. The molecular formula is C16H11Cl3N2O2S. The van der Waals surface area contributed by atoms with Crippen LogP contribution in [0.1, 0.15) is 10.9 Å². The highest BCUT2D eigenvalue weighted by Gasteiger charge is 2.31. The van der Waals surface area contributed by atoms with Gasteiger partial charge < -0.3 is 4.57 Å². The summed E-state index contributed by atoms with van der Waals surface area (Å²) in [4.78, 5) is 4.09. The number of aromatic nitrogens is 2. The van der Waals surface area contributed by atoms with Gasteiger partial charge in [-0.25, -0.2) is 13.4 Å². The average Bonchev–Trinajstić information content (AvgIpc) is 3.00. The Kier molecular flexibility index (Phi) is 4.88. The van der Waals surface area contributed by atoms with Gasteiger partial charge in [0.1, 0.15) is 0 Å². The van der Waals surface area contributed by atoms with Crippen molar-refractivity contribution in [3.8, 4) is 0 Å². The fourth-order valence-electron chi connectivity index (χ4n) is 2.39. The third-order valence-electron chi connectivity index (χ3n) is 3.40. The second kappa shape index (κ2) is 6.76. The van der Waals surface area contributed by atoms with Gasteiger partial charge in [0, 0.05) is 27.5 Å². The van der Waals surface area contributed by atoms with Crippen molar-refractivity contribution in [2.24, 2.45) is 0 Å². The van der Waals surface area contributed by atoms with Crippen LogP contribution in [0.15, 0.2) is 66.1 Å². The van der Waals surface area contributed by atoms with E-state index in [2.05, 4.69) is 4.98 Å². The van der Waals surface area contributed by atoms with Crippen molar-refractivity contribution in [1.29, 1.82) is 0 Å². The van der Waals surface area contributed by atoms with Crippen LogP contribution in [-0.4, -0.2) is 18.0 Å². The van der Waals surface area contributed by atoms with Gasteiger partial charge >= 0.3 is 0 Å². The number of halogens is 3. The van der Waals surface area contributed by atoms with Crippen LogP contribution in [0, 0.1) is 0 Å². The van der Waals surface area contributed by atoms with E-state index in [-0.39, 0.29) is 4.90 Å². The average molecular weight is 402 g/mol. The Morgan fingerprint density at radius 3 is 2.08 bits per heavy atom. The summed E-state index contributed by atoms with van der Waals surface area (Å²) in [7, 11) is -3.78. The Hall–Kier alpha value is -1.53. The minimum atomic E-state index is -3.78. The Morgan fingerprint density at radius 2 is 1.54 bits per heavy atom. The zero-order chi connectivity index (χ0) is 17.3. The summed E-state index contributed by atoms with van der Waals surface area (Å²) in [6, 6.07) is 10.7. The highest BCUT2D eigenvalue weighted by atomic mass is 35.5. The van der Waals surface area contributed by atoms with E-state index in [4.69, 9.17) is 34.8 Å². The van der Waals surface area contributed by atoms with Crippen molar-refractivity contribution in [2.75, 3.05) is 0 Å². The third kappa shape index (κ3) is 3.44. The molecule has 24 heavy (non-hydrogen) atoms. The van der Waals surface area contributed by atoms with E-state index in [0.717, 1.165) is 0 Å². The molecule has 0 aliphatic carbocycles. The van der Waals surface area contributed by atoms with Crippen molar-refractivity contribution < 1.29 is 8.42 Å². The Bertz CT molecular complexity index is 935. The number of rotatable bonds is 4. The van der Waals surface area contributed by atoms with Gasteiger partial charge in [0.25, 0.3) is 0 Å². The molecule has 2 aromatic carbocycles. The zero-order valence-corrected chi connectivity index (χ0v) is 15.2. The van der Waals surface area contributed by atoms with E-state index in [0.29, 0.717) is 20.6 Å². The van der Waals surface area contributed by atoms with Crippen molar-refractivity contribution in [2.45, 2.75) is 10.3 Å². The predicted octanol–water partition coefficient (Wildman–Crippen LogP) is 4.86. The molecule has 1 heterocycles. The maximum absolute atomic E-state index is 13.2. The molecular weight excluding hydrogens is 391 g/mol. The largest absolute Gasteiger partial charge is 0.316 e. The molecule has 0 aliphatic rings. The molecule has 0 spiro atoms. The quantitative estimate of drug-likeness (QED) is 0.627. The van der Waals surface area contributed by atoms with E-state index in [9.17, 15) is 8.42 Å². The van der Waals surface area contributed by atoms with Gasteiger partial charge in [0.15, 0.2) is 5.37 Å². The van der Waals surface area contributed by atoms with Crippen LogP contribution in [0.5, 0.6) is 0 Å². The highest BCUT2D eigenvalue weighted by Crippen LogP contribution is 2.33. The number of hydrogen-bond acceptors (Lipinski definition) is 3. The first-order valence-corrected chi connectivity index (χ1v) is 9.49. The minimum Gasteiger partial charge on any atom is -0.316 e. The summed E-state index contributed by atoms with van der Waals surface area (Å²) in [5.41, 5.74) is 0.445. The lowest BCUT2D eigenvalue weighted by atomic mass is 10.2. The van der Waals surface area contributed by atoms with E-state index in [1.165, 1.54) is 41.4 Å². The number of nitrogens with zero attached hydrogens (tertiary/aromatic N) is 2. The summed E-state index contributed by atoms with van der Waals surface area (Å²) in [5, 5.41) is 0.124. The molecule has 0 aliphatic heterocycles. The molecule has 0 fully saturated rings. The SMILES string of the molecule is O=S(=O)(c1ccc(Cl)cc1)C(c1cc(Cl)cc(Cl)c1)n1ccnc1. The number of imidazole rings is 1. The Balaban J connectivity index is 2.20. The van der Waals surface area contributed by atoms with Gasteiger partial charge in [-0.2, -0.15) is 0 Å². The number of hydrogen-bond donors (Lipinski definition) is 0. The third-order valence-corrected chi connectivity index (χ3v) is 6.12. The monoisotopic (exact) mass is 400 g/mol. The maximum Gasteiger partial charge on any atom is 0.204 e. The fraction of sp³-hybridized carbons (Fsp3) is 0.0625. The van der Waals surface area contributed by atoms with Crippen LogP contribution in [0.2, 0.25) is 15.1 Å². The minimum absolute atomic E-state index is 0.140. The molecule has 124 valence electrons. The molecule has 0 radical (unpaired) electrons. The molecule has 0 amide bonds. The van der Waals surface area contributed by atoms with E-state index in [1.807, 2.05) is 0 Å². The summed E-state index contributed by atoms with van der Waals surface area (Å²) in [6.45, 7) is 0. The molecule has 0 saturated carbocycles. The lowest BCUT2D eigenvalue weighted by Crippen LogP contribution is -2.20. The van der Waals surface area contributed by atoms with Crippen LogP contribution in [0.25, 0.3) is 0 Å². The molecule has 4 nitrogen and oxygen atoms in total. The number of benzene rings is 2. The van der Waals surface area contributed by atoms with Gasteiger partial charge in [-0.05, 0) is 48.0 Å². The van der Waals surface area contributed by atoms with Crippen molar-refractivity contribution >= 4 is 44.6 Å². The lowest BCUT2D eigenvalue weighted by Gasteiger charge is -2.20. The molecule has 1 aromatic heterocycles. The number of sulfone groups is 1. The fourth-order valence-corrected chi connectivity index (χ4v) is 4.77. The normalized spacial score (nSPS) is 13.0. The predicted molar refractivity (Wildman–Crippen MR) is 95.5 cm³/mol. The van der Waals surface area contributed by atoms with Gasteiger partial charge in [-0.3, -0.25) is 0 Å². The molecule has 3 aromatic rings. The first-order chi connectivity index (χ1) is 11.4. The van der Waals surface area contributed by atoms with Crippen LogP contribution < -0.4 is 0 Å². The van der Waals surface area contributed by atoms with Gasteiger partial charge in [0.2, 0.25) is 9.84 Å². The van der Waals surface area contributed by atoms with E-state index < -0.39 is 15.2 Å². The van der Waals surface area contributed by atoms with Crippen LogP contribution >= 0.6 is 34.8 Å². The van der Waals surface area contributed by atoms with Gasteiger partial charge in [0.05, 0.1) is 11.2 Å². The Morgan fingerprint density at radius 1 is 0.917 bits per heavy atom. The van der Waals surface area contributed by atoms with Gasteiger partial charge in [-0.1, -0.05) is 34.8 Å². The standard InChI is InChI=1S/C16H11Cl3N2O2S/c17-12-1-3-15(4-2-12)24(22,23)16(21-6-5-20-10-21)11-7-13(18)9-14(19)8-11/h1-10,16H. The second-order valence-corrected chi connectivity index (χ2v) is 8.38. The maximum atomic E-state index is 13.2. The second-order valence-electron chi connectivity index (χ2n) is 5.06. The zero-order valence-electron chi connectivity index (χ0n) is 12.1. The smallest absolute Gasteiger partial charge is 0.204 e. The van der Waals surface area contributed by atoms with Crippen molar-refractivity contribution in [3.63, 3.8) is 0 Å². The molecule has 0 bridgehead atoms. The molecule has 0 saturated heterocycles. The topological polar surface area (TPSA) is 52.0 Å².